The lowest BCUT2D eigenvalue weighted by molar-refractivity contribution is 1.28. The van der Waals surface area contributed by atoms with Crippen LogP contribution in [0.2, 0.25) is 0 Å². The van der Waals surface area contributed by atoms with Crippen LogP contribution in [-0.4, -0.2) is 0 Å². The lowest BCUT2D eigenvalue weighted by Gasteiger charge is -2.26. The van der Waals surface area contributed by atoms with Gasteiger partial charge >= 0.3 is 0 Å². The fourth-order valence-corrected chi connectivity index (χ4v) is 8.73. The van der Waals surface area contributed by atoms with Crippen molar-refractivity contribution >= 4 is 60.2 Å². The molecule has 0 atom stereocenters. The average Bonchev–Trinajstić information content (AvgIpc) is 3.32. The Labute approximate surface area is 344 Å². The summed E-state index contributed by atoms with van der Waals surface area (Å²) < 4.78 is 0. The number of anilines is 3. The molecule has 0 radical (unpaired) electrons. The molecule has 1 heteroatoms. The molecule has 0 fully saturated rings. The molecular weight excluding hydrogens is 711 g/mol. The first kappa shape index (κ1) is 34.5. The van der Waals surface area contributed by atoms with Crippen LogP contribution in [0.1, 0.15) is 0 Å². The fraction of sp³-hybridized carbons (Fsp3) is 0. The summed E-state index contributed by atoms with van der Waals surface area (Å²) in [4.78, 5) is 2.36. The highest BCUT2D eigenvalue weighted by Gasteiger charge is 2.15. The lowest BCUT2D eigenvalue weighted by atomic mass is 9.96. The molecule has 0 aliphatic heterocycles. The Morgan fingerprint density at radius 2 is 0.492 bits per heavy atom. The molecular formula is C58H39N. The number of rotatable bonds is 7. The molecule has 0 saturated carbocycles. The van der Waals surface area contributed by atoms with E-state index < -0.39 is 0 Å². The van der Waals surface area contributed by atoms with Gasteiger partial charge in [0.2, 0.25) is 0 Å². The predicted molar refractivity (Wildman–Crippen MR) is 253 cm³/mol. The summed E-state index contributed by atoms with van der Waals surface area (Å²) in [5.41, 5.74) is 12.9. The van der Waals surface area contributed by atoms with Crippen molar-refractivity contribution in [2.24, 2.45) is 0 Å². The molecule has 11 aromatic rings. The van der Waals surface area contributed by atoms with Crippen LogP contribution < -0.4 is 4.90 Å². The van der Waals surface area contributed by atoms with Crippen LogP contribution in [0.3, 0.4) is 0 Å². The molecule has 11 aromatic carbocycles. The second-order valence-corrected chi connectivity index (χ2v) is 15.4. The molecule has 1 nitrogen and oxygen atoms in total. The summed E-state index contributed by atoms with van der Waals surface area (Å²) in [7, 11) is 0. The third-order valence-corrected chi connectivity index (χ3v) is 11.8. The summed E-state index contributed by atoms with van der Waals surface area (Å²) in [5, 5.41) is 10.2. The van der Waals surface area contributed by atoms with Gasteiger partial charge in [0.25, 0.3) is 0 Å². The Bertz CT molecular complexity index is 3130. The molecule has 0 aliphatic rings. The first-order chi connectivity index (χ1) is 29.2. The van der Waals surface area contributed by atoms with Gasteiger partial charge in [-0.3, -0.25) is 0 Å². The van der Waals surface area contributed by atoms with Crippen LogP contribution in [0.4, 0.5) is 17.1 Å². The molecule has 59 heavy (non-hydrogen) atoms. The van der Waals surface area contributed by atoms with Crippen molar-refractivity contribution in [2.75, 3.05) is 4.90 Å². The predicted octanol–water partition coefficient (Wildman–Crippen LogP) is 16.4. The first-order valence-electron chi connectivity index (χ1n) is 20.3. The van der Waals surface area contributed by atoms with E-state index in [0.717, 1.165) is 17.1 Å². The Morgan fingerprint density at radius 1 is 0.186 bits per heavy atom. The van der Waals surface area contributed by atoms with E-state index in [1.54, 1.807) is 0 Å². The number of fused-ring (bicyclic) bond motifs is 6. The molecule has 0 bridgehead atoms. The van der Waals surface area contributed by atoms with E-state index in [4.69, 9.17) is 0 Å². The Morgan fingerprint density at radius 3 is 0.932 bits per heavy atom. The van der Waals surface area contributed by atoms with E-state index in [9.17, 15) is 0 Å². The van der Waals surface area contributed by atoms with Crippen molar-refractivity contribution in [1.82, 2.24) is 0 Å². The van der Waals surface area contributed by atoms with E-state index >= 15 is 0 Å². The fourth-order valence-electron chi connectivity index (χ4n) is 8.73. The largest absolute Gasteiger partial charge is 0.311 e. The topological polar surface area (TPSA) is 3.24 Å². The van der Waals surface area contributed by atoms with Gasteiger partial charge in [0.05, 0.1) is 0 Å². The van der Waals surface area contributed by atoms with E-state index in [1.807, 2.05) is 0 Å². The van der Waals surface area contributed by atoms with Gasteiger partial charge in [-0.25, -0.2) is 0 Å². The van der Waals surface area contributed by atoms with Crippen molar-refractivity contribution < 1.29 is 0 Å². The van der Waals surface area contributed by atoms with E-state index in [-0.39, 0.29) is 0 Å². The second kappa shape index (κ2) is 14.6. The van der Waals surface area contributed by atoms with Gasteiger partial charge in [-0.05, 0) is 142 Å². The molecule has 0 aromatic heterocycles. The van der Waals surface area contributed by atoms with Gasteiger partial charge < -0.3 is 4.90 Å². The summed E-state index contributed by atoms with van der Waals surface area (Å²) in [6, 6.07) is 86.2. The second-order valence-electron chi connectivity index (χ2n) is 15.4. The van der Waals surface area contributed by atoms with Crippen molar-refractivity contribution in [1.29, 1.82) is 0 Å². The molecule has 0 amide bonds. The minimum absolute atomic E-state index is 1.10. The summed E-state index contributed by atoms with van der Waals surface area (Å²) in [5.74, 6) is 0. The standard InChI is InChI=1S/C58H39N/c1-2-9-40(10-3-1)48-13-8-14-49(37-48)41-25-31-52(32-26-41)59(53-33-27-42(28-34-53)50-23-21-46-19-17-44-11-4-6-15-55(44)57(46)38-50)54-35-29-43(30-36-54)51-24-22-47-20-18-45-12-5-7-16-56(45)58(47)39-51/h1-39H. The van der Waals surface area contributed by atoms with E-state index in [2.05, 4.69) is 241 Å². The average molecular weight is 750 g/mol. The smallest absolute Gasteiger partial charge is 0.0462 e. The molecule has 0 N–H and O–H groups in total. The van der Waals surface area contributed by atoms with Crippen LogP contribution >= 0.6 is 0 Å². The van der Waals surface area contributed by atoms with Crippen molar-refractivity contribution in [2.45, 2.75) is 0 Å². The van der Waals surface area contributed by atoms with Crippen LogP contribution in [-0.2, 0) is 0 Å². The van der Waals surface area contributed by atoms with Gasteiger partial charge in [0.1, 0.15) is 0 Å². The minimum Gasteiger partial charge on any atom is -0.311 e. The van der Waals surface area contributed by atoms with Crippen LogP contribution in [0.5, 0.6) is 0 Å². The number of hydrogen-bond donors (Lipinski definition) is 0. The number of benzene rings is 11. The third kappa shape index (κ3) is 6.49. The number of hydrogen-bond acceptors (Lipinski definition) is 1. The van der Waals surface area contributed by atoms with E-state index in [0.29, 0.717) is 0 Å². The van der Waals surface area contributed by atoms with Crippen molar-refractivity contribution in [3.05, 3.63) is 237 Å². The molecule has 0 heterocycles. The highest BCUT2D eigenvalue weighted by atomic mass is 15.1. The molecule has 0 aliphatic carbocycles. The zero-order valence-electron chi connectivity index (χ0n) is 32.5. The third-order valence-electron chi connectivity index (χ3n) is 11.8. The van der Waals surface area contributed by atoms with Crippen molar-refractivity contribution in [3.8, 4) is 44.5 Å². The molecule has 276 valence electrons. The quantitative estimate of drug-likeness (QED) is 0.147. The molecule has 11 rings (SSSR count). The first-order valence-corrected chi connectivity index (χ1v) is 20.3. The summed E-state index contributed by atoms with van der Waals surface area (Å²) >= 11 is 0. The van der Waals surface area contributed by atoms with Crippen LogP contribution in [0.15, 0.2) is 237 Å². The molecule has 0 unspecified atom stereocenters. The maximum atomic E-state index is 2.36. The van der Waals surface area contributed by atoms with Gasteiger partial charge in [-0.2, -0.15) is 0 Å². The van der Waals surface area contributed by atoms with Gasteiger partial charge in [-0.15, -0.1) is 0 Å². The van der Waals surface area contributed by atoms with Crippen LogP contribution in [0.25, 0.3) is 87.6 Å². The van der Waals surface area contributed by atoms with Gasteiger partial charge in [0.15, 0.2) is 0 Å². The van der Waals surface area contributed by atoms with Crippen LogP contribution in [0, 0.1) is 0 Å². The zero-order chi connectivity index (χ0) is 39.1. The lowest BCUT2D eigenvalue weighted by Crippen LogP contribution is -2.09. The zero-order valence-corrected chi connectivity index (χ0v) is 32.5. The number of nitrogens with zero attached hydrogens (tertiary/aromatic N) is 1. The molecule has 0 saturated heterocycles. The van der Waals surface area contributed by atoms with Crippen molar-refractivity contribution in [3.63, 3.8) is 0 Å². The minimum atomic E-state index is 1.10. The normalized spacial score (nSPS) is 11.4. The Kier molecular flexibility index (Phi) is 8.56. The monoisotopic (exact) mass is 749 g/mol. The summed E-state index contributed by atoms with van der Waals surface area (Å²) in [6.07, 6.45) is 0. The SMILES string of the molecule is c1ccc(-c2cccc(-c3ccc(N(c4ccc(-c5ccc6ccc7ccccc7c6c5)cc4)c4ccc(-c5ccc6ccc7ccccc7c6c5)cc4)cc3)c2)cc1. The van der Waals surface area contributed by atoms with E-state index in [1.165, 1.54) is 87.6 Å². The van der Waals surface area contributed by atoms with Gasteiger partial charge in [0, 0.05) is 17.1 Å². The highest BCUT2D eigenvalue weighted by molar-refractivity contribution is 6.10. The maximum Gasteiger partial charge on any atom is 0.0462 e. The summed E-state index contributed by atoms with van der Waals surface area (Å²) in [6.45, 7) is 0. The maximum absolute atomic E-state index is 2.36. The molecule has 0 spiro atoms. The Hall–Kier alpha value is -7.74. The van der Waals surface area contributed by atoms with Gasteiger partial charge in [-0.1, -0.05) is 182 Å². The highest BCUT2D eigenvalue weighted by Crippen LogP contribution is 2.39. The Balaban J connectivity index is 0.968.